The first-order chi connectivity index (χ1) is 15.7. The molecule has 10 heteroatoms. The monoisotopic (exact) mass is 473 g/mol. The highest BCUT2D eigenvalue weighted by atomic mass is 32.2. The van der Waals surface area contributed by atoms with Crippen LogP contribution in [0.2, 0.25) is 0 Å². The molecule has 0 unspecified atom stereocenters. The lowest BCUT2D eigenvalue weighted by Crippen LogP contribution is -2.24. The van der Waals surface area contributed by atoms with Gasteiger partial charge in [0.15, 0.2) is 0 Å². The molecule has 0 aliphatic carbocycles. The number of nitrogens with zero attached hydrogens (tertiary/aromatic N) is 5. The fourth-order valence-corrected chi connectivity index (χ4v) is 4.43. The summed E-state index contributed by atoms with van der Waals surface area (Å²) in [5, 5.41) is 1.15. The Labute approximate surface area is 194 Å². The zero-order valence-corrected chi connectivity index (χ0v) is 20.2. The first kappa shape index (κ1) is 23.3. The summed E-state index contributed by atoms with van der Waals surface area (Å²) in [6, 6.07) is 10.5. The second kappa shape index (κ2) is 9.56. The van der Waals surface area contributed by atoms with Crippen LogP contribution in [0.25, 0.3) is 22.3 Å². The van der Waals surface area contributed by atoms with Crippen molar-refractivity contribution in [3.8, 4) is 17.0 Å². The van der Waals surface area contributed by atoms with E-state index in [2.05, 4.69) is 39.6 Å². The fraction of sp³-hybridized carbons (Fsp3) is 0.478. The number of hydrogen-bond donors (Lipinski definition) is 1. The third-order valence-electron chi connectivity index (χ3n) is 6.03. The van der Waals surface area contributed by atoms with Crippen LogP contribution in [-0.4, -0.2) is 67.1 Å². The van der Waals surface area contributed by atoms with E-state index in [1.54, 1.807) is 7.11 Å². The molecule has 9 nitrogen and oxygen atoms in total. The number of methoxy groups -OCH3 is 1. The molecule has 2 aromatic heterocycles. The van der Waals surface area contributed by atoms with Crippen LogP contribution in [-0.2, 0) is 17.2 Å². The average molecular weight is 474 g/mol. The number of fused-ring (bicyclic) bond motifs is 1. The highest BCUT2D eigenvalue weighted by molar-refractivity contribution is 7.85. The molecule has 1 aromatic carbocycles. The molecule has 0 radical (unpaired) electrons. The number of hydrogen-bond acceptors (Lipinski definition) is 7. The van der Waals surface area contributed by atoms with Crippen LogP contribution >= 0.6 is 0 Å². The number of aromatic nitrogens is 3. The van der Waals surface area contributed by atoms with E-state index in [1.807, 2.05) is 12.1 Å². The van der Waals surface area contributed by atoms with Crippen molar-refractivity contribution in [3.05, 3.63) is 30.3 Å². The average Bonchev–Trinajstić information content (AvgIpc) is 3.54. The molecule has 5 rings (SSSR count). The van der Waals surface area contributed by atoms with Gasteiger partial charge in [-0.3, -0.25) is 4.55 Å². The molecule has 3 aromatic rings. The molecule has 0 atom stereocenters. The van der Waals surface area contributed by atoms with E-state index in [-0.39, 0.29) is 0 Å². The van der Waals surface area contributed by atoms with Gasteiger partial charge in [0.1, 0.15) is 17.2 Å². The van der Waals surface area contributed by atoms with Gasteiger partial charge in [0.05, 0.1) is 24.4 Å². The molecule has 0 saturated carbocycles. The maximum atomic E-state index is 9.19. The van der Waals surface area contributed by atoms with Gasteiger partial charge in [-0.05, 0) is 61.6 Å². The Balaban J connectivity index is 0.000000471. The van der Waals surface area contributed by atoms with Crippen LogP contribution < -0.4 is 14.5 Å². The summed E-state index contributed by atoms with van der Waals surface area (Å²) in [5.41, 5.74) is 3.34. The third-order valence-corrected chi connectivity index (χ3v) is 6.03. The molecule has 2 aliphatic heterocycles. The van der Waals surface area contributed by atoms with E-state index in [0.717, 1.165) is 66.0 Å². The summed E-state index contributed by atoms with van der Waals surface area (Å²) in [4.78, 5) is 14.8. The maximum Gasteiger partial charge on any atom is 0.261 e. The van der Waals surface area contributed by atoms with Crippen molar-refractivity contribution in [2.75, 3.05) is 49.3 Å². The summed E-state index contributed by atoms with van der Waals surface area (Å²) >= 11 is 0. The SMILES string of the molecule is COc1ccc(-c2cc3c(N4CCCC4)nc(N4CCCC4)nc3n2C)cc1.CS(=O)(=O)O. The second-order valence-corrected chi connectivity index (χ2v) is 9.99. The van der Waals surface area contributed by atoms with Crippen LogP contribution in [0.15, 0.2) is 30.3 Å². The van der Waals surface area contributed by atoms with Crippen LogP contribution in [0.1, 0.15) is 25.7 Å². The largest absolute Gasteiger partial charge is 0.497 e. The van der Waals surface area contributed by atoms with Gasteiger partial charge in [-0.1, -0.05) is 0 Å². The van der Waals surface area contributed by atoms with Crippen LogP contribution in [0.5, 0.6) is 5.75 Å². The molecule has 2 aliphatic rings. The van der Waals surface area contributed by atoms with Crippen LogP contribution in [0, 0.1) is 0 Å². The van der Waals surface area contributed by atoms with Gasteiger partial charge in [0.25, 0.3) is 10.1 Å². The van der Waals surface area contributed by atoms with Gasteiger partial charge < -0.3 is 19.1 Å². The summed E-state index contributed by atoms with van der Waals surface area (Å²) in [6.07, 6.45) is 5.65. The quantitative estimate of drug-likeness (QED) is 0.576. The van der Waals surface area contributed by atoms with Crippen molar-refractivity contribution in [1.82, 2.24) is 14.5 Å². The van der Waals surface area contributed by atoms with Gasteiger partial charge in [0.2, 0.25) is 5.95 Å². The third kappa shape index (κ3) is 5.39. The lowest BCUT2D eigenvalue weighted by molar-refractivity contribution is 0.415. The Morgan fingerprint density at radius 2 is 1.48 bits per heavy atom. The second-order valence-electron chi connectivity index (χ2n) is 8.52. The fourth-order valence-electron chi connectivity index (χ4n) is 4.43. The molecule has 1 N–H and O–H groups in total. The normalized spacial score (nSPS) is 16.2. The number of aryl methyl sites for hydroxylation is 1. The van der Waals surface area contributed by atoms with Gasteiger partial charge >= 0.3 is 0 Å². The Bertz CT molecular complexity index is 1200. The molecular weight excluding hydrogens is 442 g/mol. The molecule has 4 heterocycles. The topological polar surface area (TPSA) is 101 Å². The number of benzene rings is 1. The summed E-state index contributed by atoms with van der Waals surface area (Å²) in [6.45, 7) is 4.28. The van der Waals surface area contributed by atoms with Crippen LogP contribution in [0.4, 0.5) is 11.8 Å². The van der Waals surface area contributed by atoms with Gasteiger partial charge in [-0.25, -0.2) is 0 Å². The minimum absolute atomic E-state index is 0.715. The Morgan fingerprint density at radius 1 is 0.939 bits per heavy atom. The van der Waals surface area contributed by atoms with E-state index in [9.17, 15) is 8.42 Å². The minimum atomic E-state index is -3.67. The Morgan fingerprint density at radius 3 is 2.03 bits per heavy atom. The van der Waals surface area contributed by atoms with Crippen molar-refractivity contribution in [1.29, 1.82) is 0 Å². The van der Waals surface area contributed by atoms with Crippen molar-refractivity contribution in [2.24, 2.45) is 7.05 Å². The molecule has 0 spiro atoms. The van der Waals surface area contributed by atoms with Crippen molar-refractivity contribution in [2.45, 2.75) is 25.7 Å². The minimum Gasteiger partial charge on any atom is -0.497 e. The number of anilines is 2. The van der Waals surface area contributed by atoms with Crippen molar-refractivity contribution < 1.29 is 17.7 Å². The Kier molecular flexibility index (Phi) is 6.76. The molecule has 33 heavy (non-hydrogen) atoms. The lowest BCUT2D eigenvalue weighted by atomic mass is 10.1. The highest BCUT2D eigenvalue weighted by Gasteiger charge is 2.24. The molecule has 178 valence electrons. The van der Waals surface area contributed by atoms with E-state index < -0.39 is 10.1 Å². The smallest absolute Gasteiger partial charge is 0.261 e. The van der Waals surface area contributed by atoms with Gasteiger partial charge in [-0.2, -0.15) is 18.4 Å². The van der Waals surface area contributed by atoms with Gasteiger partial charge in [-0.15, -0.1) is 0 Å². The molecular formula is C23H31N5O4S. The summed E-state index contributed by atoms with van der Waals surface area (Å²) in [7, 11) is 0.139. The molecule has 2 fully saturated rings. The van der Waals surface area contributed by atoms with E-state index in [0.29, 0.717) is 6.26 Å². The lowest BCUT2D eigenvalue weighted by Gasteiger charge is -2.21. The predicted octanol–water partition coefficient (Wildman–Crippen LogP) is 3.35. The zero-order chi connectivity index (χ0) is 23.6. The maximum absolute atomic E-state index is 9.19. The van der Waals surface area contributed by atoms with Crippen LogP contribution in [0.3, 0.4) is 0 Å². The predicted molar refractivity (Wildman–Crippen MR) is 131 cm³/mol. The molecule has 0 amide bonds. The van der Waals surface area contributed by atoms with Crippen molar-refractivity contribution >= 4 is 32.9 Å². The van der Waals surface area contributed by atoms with Gasteiger partial charge in [0, 0.05) is 33.2 Å². The van der Waals surface area contributed by atoms with Crippen molar-refractivity contribution in [3.63, 3.8) is 0 Å². The first-order valence-corrected chi connectivity index (χ1v) is 13.0. The van der Waals surface area contributed by atoms with E-state index >= 15 is 0 Å². The molecule has 2 saturated heterocycles. The highest BCUT2D eigenvalue weighted by Crippen LogP contribution is 2.35. The Hall–Kier alpha value is -2.85. The standard InChI is InChI=1S/C22H27N5O.CH4O3S/c1-25-19(16-7-9-17(28-2)10-8-16)15-18-20(25)23-22(27-13-5-6-14-27)24-21(18)26-11-3-4-12-26;1-5(2,3)4/h7-10,15H,3-6,11-14H2,1-2H3;1H3,(H,2,3,4). The summed E-state index contributed by atoms with van der Waals surface area (Å²) < 4.78 is 33.4. The van der Waals surface area contributed by atoms with E-state index in [1.165, 1.54) is 25.7 Å². The number of rotatable bonds is 4. The zero-order valence-electron chi connectivity index (χ0n) is 19.4. The first-order valence-electron chi connectivity index (χ1n) is 11.2. The molecule has 0 bridgehead atoms. The number of ether oxygens (including phenoxy) is 1. The summed E-state index contributed by atoms with van der Waals surface area (Å²) in [5.74, 6) is 2.85. The van der Waals surface area contributed by atoms with E-state index in [4.69, 9.17) is 19.3 Å².